The van der Waals surface area contributed by atoms with Crippen LogP contribution >= 0.6 is 11.3 Å². The van der Waals surface area contributed by atoms with Crippen molar-refractivity contribution in [2.45, 2.75) is 25.9 Å². The molecule has 0 saturated heterocycles. The van der Waals surface area contributed by atoms with Crippen LogP contribution in [0.2, 0.25) is 0 Å². The van der Waals surface area contributed by atoms with E-state index in [2.05, 4.69) is 23.3 Å². The van der Waals surface area contributed by atoms with Gasteiger partial charge in [-0.2, -0.15) is 0 Å². The topological polar surface area (TPSA) is 70.6 Å². The molecule has 0 aliphatic heterocycles. The van der Waals surface area contributed by atoms with Crippen LogP contribution in [0, 0.1) is 0 Å². The molecule has 1 unspecified atom stereocenters. The number of hydrogen-bond acceptors (Lipinski definition) is 3. The Balaban J connectivity index is 2.01. The Morgan fingerprint density at radius 1 is 1.38 bits per heavy atom. The number of hydrogen-bond donors (Lipinski definition) is 3. The molecular weight excluding hydrogens is 282 g/mol. The maximum Gasteiger partial charge on any atom is 0.193 e. The number of aliphatic hydroxyl groups is 1. The molecule has 21 heavy (non-hydrogen) atoms. The number of aryl methyl sites for hydroxylation is 1. The molecule has 1 aromatic heterocycles. The van der Waals surface area contributed by atoms with Crippen LogP contribution in [0.3, 0.4) is 0 Å². The number of thiophene rings is 1. The Hall–Kier alpha value is -1.85. The standard InChI is InChI=1S/C16H21N3OS/c1-3-12-6-4-7-13(10-12)19-15(17)18-11-16(2,20)14-8-5-9-21-14/h4-10,20H,3,11H2,1-2H3,(H3,17,18,19). The minimum Gasteiger partial charge on any atom is -0.383 e. The first-order valence-corrected chi connectivity index (χ1v) is 7.81. The van der Waals surface area contributed by atoms with Gasteiger partial charge >= 0.3 is 0 Å². The number of aliphatic imine (C=N–C) groups is 1. The predicted octanol–water partition coefficient (Wildman–Crippen LogP) is 2.94. The van der Waals surface area contributed by atoms with Crippen LogP contribution in [0.15, 0.2) is 46.8 Å². The number of guanidine groups is 1. The lowest BCUT2D eigenvalue weighted by molar-refractivity contribution is 0.0713. The van der Waals surface area contributed by atoms with Crippen LogP contribution in [-0.2, 0) is 12.0 Å². The third-order valence-corrected chi connectivity index (χ3v) is 4.34. The van der Waals surface area contributed by atoms with E-state index in [4.69, 9.17) is 5.73 Å². The molecule has 0 fully saturated rings. The SMILES string of the molecule is CCc1cccc(NC(N)=NCC(C)(O)c2cccs2)c1. The van der Waals surface area contributed by atoms with Crippen molar-refractivity contribution in [3.63, 3.8) is 0 Å². The minimum absolute atomic E-state index is 0.222. The Kier molecular flexibility index (Phi) is 4.98. The zero-order chi connectivity index (χ0) is 15.3. The molecule has 0 radical (unpaired) electrons. The van der Waals surface area contributed by atoms with Gasteiger partial charge in [-0.25, -0.2) is 4.99 Å². The van der Waals surface area contributed by atoms with Crippen LogP contribution < -0.4 is 11.1 Å². The first kappa shape index (κ1) is 15.5. The summed E-state index contributed by atoms with van der Waals surface area (Å²) in [6.07, 6.45) is 0.972. The minimum atomic E-state index is -0.994. The summed E-state index contributed by atoms with van der Waals surface area (Å²) in [7, 11) is 0. The predicted molar refractivity (Wildman–Crippen MR) is 89.8 cm³/mol. The Morgan fingerprint density at radius 3 is 2.86 bits per heavy atom. The lowest BCUT2D eigenvalue weighted by Gasteiger charge is -2.19. The first-order valence-electron chi connectivity index (χ1n) is 6.93. The van der Waals surface area contributed by atoms with Gasteiger partial charge in [0.05, 0.1) is 6.54 Å². The van der Waals surface area contributed by atoms with Crippen molar-refractivity contribution >= 4 is 23.0 Å². The average molecular weight is 303 g/mol. The average Bonchev–Trinajstić information content (AvgIpc) is 3.00. The second kappa shape index (κ2) is 6.74. The van der Waals surface area contributed by atoms with Gasteiger partial charge in [-0.3, -0.25) is 0 Å². The van der Waals surface area contributed by atoms with Crippen LogP contribution in [-0.4, -0.2) is 17.6 Å². The number of anilines is 1. The molecule has 0 saturated carbocycles. The number of nitrogens with zero attached hydrogens (tertiary/aromatic N) is 1. The first-order chi connectivity index (χ1) is 10.0. The van der Waals surface area contributed by atoms with E-state index in [1.54, 1.807) is 6.92 Å². The second-order valence-corrected chi connectivity index (χ2v) is 6.08. The lowest BCUT2D eigenvalue weighted by Crippen LogP contribution is -2.29. The van der Waals surface area contributed by atoms with Crippen molar-refractivity contribution in [3.8, 4) is 0 Å². The summed E-state index contributed by atoms with van der Waals surface area (Å²) < 4.78 is 0. The summed E-state index contributed by atoms with van der Waals surface area (Å²) in [6.45, 7) is 4.07. The molecule has 2 rings (SSSR count). The van der Waals surface area contributed by atoms with E-state index in [0.717, 1.165) is 17.0 Å². The van der Waals surface area contributed by atoms with Gasteiger partial charge in [0.15, 0.2) is 5.96 Å². The summed E-state index contributed by atoms with van der Waals surface area (Å²) >= 11 is 1.51. The quantitative estimate of drug-likeness (QED) is 0.587. The fourth-order valence-corrected chi connectivity index (χ4v) is 2.74. The maximum absolute atomic E-state index is 10.4. The molecule has 5 heteroatoms. The molecule has 0 aliphatic rings. The van der Waals surface area contributed by atoms with E-state index in [0.29, 0.717) is 5.96 Å². The Bertz CT molecular complexity index is 606. The highest BCUT2D eigenvalue weighted by Crippen LogP contribution is 2.25. The molecule has 0 aliphatic carbocycles. The Morgan fingerprint density at radius 2 is 2.19 bits per heavy atom. The van der Waals surface area contributed by atoms with Crippen molar-refractivity contribution in [1.29, 1.82) is 0 Å². The fraction of sp³-hybridized carbons (Fsp3) is 0.312. The van der Waals surface area contributed by atoms with Crippen LogP contribution in [0.4, 0.5) is 5.69 Å². The van der Waals surface area contributed by atoms with Crippen molar-refractivity contribution < 1.29 is 5.11 Å². The van der Waals surface area contributed by atoms with Gasteiger partial charge in [-0.1, -0.05) is 25.1 Å². The van der Waals surface area contributed by atoms with Crippen molar-refractivity contribution in [2.75, 3.05) is 11.9 Å². The van der Waals surface area contributed by atoms with Crippen LogP contribution in [0.5, 0.6) is 0 Å². The van der Waals surface area contributed by atoms with Crippen molar-refractivity contribution in [3.05, 3.63) is 52.2 Å². The number of nitrogens with one attached hydrogen (secondary N) is 1. The van der Waals surface area contributed by atoms with E-state index >= 15 is 0 Å². The molecule has 1 atom stereocenters. The van der Waals surface area contributed by atoms with E-state index in [-0.39, 0.29) is 6.54 Å². The number of nitrogens with two attached hydrogens (primary N) is 1. The second-order valence-electron chi connectivity index (χ2n) is 5.13. The van der Waals surface area contributed by atoms with E-state index in [1.807, 2.05) is 35.7 Å². The van der Waals surface area contributed by atoms with Crippen LogP contribution in [0.25, 0.3) is 0 Å². The molecule has 0 spiro atoms. The normalized spacial score (nSPS) is 14.7. The van der Waals surface area contributed by atoms with Gasteiger partial charge < -0.3 is 16.2 Å². The molecule has 0 amide bonds. The molecule has 0 bridgehead atoms. The highest BCUT2D eigenvalue weighted by atomic mass is 32.1. The molecular formula is C16H21N3OS. The molecule has 4 nitrogen and oxygen atoms in total. The third-order valence-electron chi connectivity index (χ3n) is 3.22. The van der Waals surface area contributed by atoms with E-state index in [9.17, 15) is 5.11 Å². The summed E-state index contributed by atoms with van der Waals surface area (Å²) in [6, 6.07) is 11.8. The number of rotatable bonds is 5. The molecule has 1 heterocycles. The summed E-state index contributed by atoms with van der Waals surface area (Å²) in [5, 5.41) is 15.4. The fourth-order valence-electron chi connectivity index (χ4n) is 1.96. The largest absolute Gasteiger partial charge is 0.383 e. The van der Waals surface area contributed by atoms with Gasteiger partial charge in [0.1, 0.15) is 5.60 Å². The number of benzene rings is 1. The van der Waals surface area contributed by atoms with E-state index in [1.165, 1.54) is 16.9 Å². The summed E-state index contributed by atoms with van der Waals surface area (Å²) in [5.74, 6) is 0.306. The highest BCUT2D eigenvalue weighted by molar-refractivity contribution is 7.10. The summed E-state index contributed by atoms with van der Waals surface area (Å²) in [4.78, 5) is 5.12. The smallest absolute Gasteiger partial charge is 0.193 e. The zero-order valence-electron chi connectivity index (χ0n) is 12.3. The van der Waals surface area contributed by atoms with Gasteiger partial charge in [0, 0.05) is 10.6 Å². The van der Waals surface area contributed by atoms with Gasteiger partial charge in [0.25, 0.3) is 0 Å². The van der Waals surface area contributed by atoms with Crippen molar-refractivity contribution in [2.24, 2.45) is 10.7 Å². The summed E-state index contributed by atoms with van der Waals surface area (Å²) in [5.41, 5.74) is 7.04. The highest BCUT2D eigenvalue weighted by Gasteiger charge is 2.23. The van der Waals surface area contributed by atoms with Crippen LogP contribution in [0.1, 0.15) is 24.3 Å². The maximum atomic E-state index is 10.4. The molecule has 4 N–H and O–H groups in total. The third kappa shape index (κ3) is 4.31. The lowest BCUT2D eigenvalue weighted by atomic mass is 10.1. The van der Waals surface area contributed by atoms with E-state index < -0.39 is 5.60 Å². The molecule has 112 valence electrons. The van der Waals surface area contributed by atoms with Gasteiger partial charge in [-0.15, -0.1) is 11.3 Å². The molecule has 1 aromatic carbocycles. The Labute approximate surface area is 129 Å². The zero-order valence-corrected chi connectivity index (χ0v) is 13.2. The van der Waals surface area contributed by atoms with Crippen molar-refractivity contribution in [1.82, 2.24) is 0 Å². The molecule has 2 aromatic rings. The monoisotopic (exact) mass is 303 g/mol. The van der Waals surface area contributed by atoms with Gasteiger partial charge in [-0.05, 0) is 42.5 Å². The van der Waals surface area contributed by atoms with Gasteiger partial charge in [0.2, 0.25) is 0 Å².